The zero-order chi connectivity index (χ0) is 19.0. The molecule has 0 aromatic carbocycles. The van der Waals surface area contributed by atoms with Crippen molar-refractivity contribution in [3.63, 3.8) is 0 Å². The summed E-state index contributed by atoms with van der Waals surface area (Å²) in [4.78, 5) is 9.45. The van der Waals surface area contributed by atoms with Gasteiger partial charge in [0.05, 0.1) is 11.7 Å². The minimum absolute atomic E-state index is 0.428. The lowest BCUT2D eigenvalue weighted by atomic mass is 9.75. The Morgan fingerprint density at radius 3 is 2.59 bits per heavy atom. The molecule has 144 valence electrons. The van der Waals surface area contributed by atoms with E-state index in [-0.39, 0.29) is 0 Å². The number of thiazole rings is 1. The van der Waals surface area contributed by atoms with Gasteiger partial charge < -0.3 is 0 Å². The molecule has 1 fully saturated rings. The molecule has 0 N–H and O–H groups in total. The molecule has 8 heteroatoms. The first kappa shape index (κ1) is 18.3. The third-order valence-electron chi connectivity index (χ3n) is 5.42. The van der Waals surface area contributed by atoms with Crippen LogP contribution in [0.5, 0.6) is 0 Å². The Balaban J connectivity index is 1.59. The van der Waals surface area contributed by atoms with Gasteiger partial charge in [0, 0.05) is 37.2 Å². The van der Waals surface area contributed by atoms with Crippen molar-refractivity contribution in [3.05, 3.63) is 28.8 Å². The Labute approximate surface area is 163 Å². The topological polar surface area (TPSA) is 74.3 Å². The summed E-state index contributed by atoms with van der Waals surface area (Å²) in [6.45, 7) is 6.74. The van der Waals surface area contributed by atoms with Gasteiger partial charge in [0.15, 0.2) is 5.01 Å². The molecule has 1 aliphatic carbocycles. The molecule has 0 saturated heterocycles. The summed E-state index contributed by atoms with van der Waals surface area (Å²) in [6, 6.07) is 0.428. The van der Waals surface area contributed by atoms with Crippen molar-refractivity contribution >= 4 is 11.3 Å². The lowest BCUT2D eigenvalue weighted by Crippen LogP contribution is -2.25. The van der Waals surface area contributed by atoms with Gasteiger partial charge in [0.25, 0.3) is 0 Å². The third-order valence-corrected chi connectivity index (χ3v) is 6.38. The molecule has 3 aromatic rings. The van der Waals surface area contributed by atoms with Crippen LogP contribution >= 0.6 is 11.3 Å². The molecule has 3 aromatic heterocycles. The fraction of sp³-hybridized carbons (Fsp3) is 0.632. The second-order valence-electron chi connectivity index (χ2n) is 8.37. The standard InChI is InChI=1S/C19H27N7S/c1-13-12-27-18(20-13)17-21-16(6-5-14-11-25(4)24-22-14)26(23-17)15-7-9-19(2,3)10-8-15/h11-12,15H,5-10H2,1-4H3. The van der Waals surface area contributed by atoms with E-state index >= 15 is 0 Å². The van der Waals surface area contributed by atoms with E-state index in [4.69, 9.17) is 10.1 Å². The maximum atomic E-state index is 4.89. The predicted molar refractivity (Wildman–Crippen MR) is 106 cm³/mol. The minimum Gasteiger partial charge on any atom is -0.255 e. The summed E-state index contributed by atoms with van der Waals surface area (Å²) in [7, 11) is 1.89. The first-order valence-electron chi connectivity index (χ1n) is 9.63. The number of rotatable bonds is 5. The van der Waals surface area contributed by atoms with Crippen LogP contribution < -0.4 is 0 Å². The highest BCUT2D eigenvalue weighted by Gasteiger charge is 2.30. The Hall–Kier alpha value is -2.09. The van der Waals surface area contributed by atoms with Crippen molar-refractivity contribution < 1.29 is 0 Å². The number of nitrogens with zero attached hydrogens (tertiary/aromatic N) is 7. The smallest absolute Gasteiger partial charge is 0.210 e. The molecule has 0 unspecified atom stereocenters. The number of hydrogen-bond donors (Lipinski definition) is 0. The summed E-state index contributed by atoms with van der Waals surface area (Å²) in [6.07, 6.45) is 8.38. The van der Waals surface area contributed by atoms with E-state index in [0.717, 1.165) is 53.7 Å². The predicted octanol–water partition coefficient (Wildman–Crippen LogP) is 3.77. The van der Waals surface area contributed by atoms with Crippen molar-refractivity contribution in [1.82, 2.24) is 34.7 Å². The zero-order valence-corrected chi connectivity index (χ0v) is 17.3. The van der Waals surface area contributed by atoms with E-state index in [1.165, 1.54) is 12.8 Å². The zero-order valence-electron chi connectivity index (χ0n) is 16.5. The van der Waals surface area contributed by atoms with Crippen LogP contribution in [0.3, 0.4) is 0 Å². The molecule has 4 rings (SSSR count). The van der Waals surface area contributed by atoms with E-state index in [0.29, 0.717) is 11.5 Å². The Bertz CT molecular complexity index is 910. The van der Waals surface area contributed by atoms with Crippen LogP contribution in [-0.4, -0.2) is 34.7 Å². The molecule has 0 spiro atoms. The molecule has 0 aliphatic heterocycles. The molecule has 0 amide bonds. The van der Waals surface area contributed by atoms with Gasteiger partial charge in [-0.2, -0.15) is 0 Å². The van der Waals surface area contributed by atoms with Crippen LogP contribution in [0.15, 0.2) is 11.6 Å². The third kappa shape index (κ3) is 4.10. The first-order valence-corrected chi connectivity index (χ1v) is 10.5. The fourth-order valence-corrected chi connectivity index (χ4v) is 4.47. The van der Waals surface area contributed by atoms with E-state index < -0.39 is 0 Å². The van der Waals surface area contributed by atoms with Crippen LogP contribution in [0.2, 0.25) is 0 Å². The van der Waals surface area contributed by atoms with Gasteiger partial charge in [0.2, 0.25) is 5.82 Å². The largest absolute Gasteiger partial charge is 0.255 e. The SMILES string of the molecule is Cc1csc(-c2nc(CCc3cn(C)nn3)n(C3CCC(C)(C)CC3)n2)n1. The van der Waals surface area contributed by atoms with Crippen molar-refractivity contribution in [1.29, 1.82) is 0 Å². The number of hydrogen-bond acceptors (Lipinski definition) is 6. The second-order valence-corrected chi connectivity index (χ2v) is 9.23. The normalized spacial score (nSPS) is 17.5. The molecule has 0 bridgehead atoms. The summed E-state index contributed by atoms with van der Waals surface area (Å²) in [5.74, 6) is 1.79. The van der Waals surface area contributed by atoms with Gasteiger partial charge >= 0.3 is 0 Å². The van der Waals surface area contributed by atoms with Gasteiger partial charge in [-0.05, 0) is 38.0 Å². The van der Waals surface area contributed by atoms with E-state index in [1.807, 2.05) is 20.2 Å². The Morgan fingerprint density at radius 2 is 1.96 bits per heavy atom. The van der Waals surface area contributed by atoms with E-state index in [9.17, 15) is 0 Å². The molecule has 3 heterocycles. The molecule has 0 atom stereocenters. The highest BCUT2D eigenvalue weighted by Crippen LogP contribution is 2.40. The van der Waals surface area contributed by atoms with Gasteiger partial charge in [-0.3, -0.25) is 4.68 Å². The summed E-state index contributed by atoms with van der Waals surface area (Å²) < 4.78 is 3.92. The maximum absolute atomic E-state index is 4.89. The van der Waals surface area contributed by atoms with E-state index in [1.54, 1.807) is 16.0 Å². The Kier molecular flexibility index (Phi) is 4.84. The maximum Gasteiger partial charge on any atom is 0.210 e. The van der Waals surface area contributed by atoms with Crippen LogP contribution in [0.4, 0.5) is 0 Å². The molecular weight excluding hydrogens is 358 g/mol. The first-order chi connectivity index (χ1) is 12.9. The van der Waals surface area contributed by atoms with Crippen molar-refractivity contribution in [2.45, 2.75) is 65.3 Å². The van der Waals surface area contributed by atoms with Crippen LogP contribution in [0.25, 0.3) is 10.8 Å². The fourth-order valence-electron chi connectivity index (χ4n) is 3.74. The Morgan fingerprint density at radius 1 is 1.19 bits per heavy atom. The monoisotopic (exact) mass is 385 g/mol. The van der Waals surface area contributed by atoms with Gasteiger partial charge in [0.1, 0.15) is 5.82 Å². The molecular formula is C19H27N7S. The number of aryl methyl sites for hydroxylation is 4. The molecule has 7 nitrogen and oxygen atoms in total. The molecule has 1 aliphatic rings. The minimum atomic E-state index is 0.428. The van der Waals surface area contributed by atoms with Crippen LogP contribution in [-0.2, 0) is 19.9 Å². The average Bonchev–Trinajstić information content (AvgIpc) is 3.33. The van der Waals surface area contributed by atoms with Crippen molar-refractivity contribution in [3.8, 4) is 10.8 Å². The van der Waals surface area contributed by atoms with Crippen molar-refractivity contribution in [2.75, 3.05) is 0 Å². The van der Waals surface area contributed by atoms with Crippen LogP contribution in [0, 0.1) is 12.3 Å². The average molecular weight is 386 g/mol. The van der Waals surface area contributed by atoms with Crippen LogP contribution in [0.1, 0.15) is 62.8 Å². The van der Waals surface area contributed by atoms with E-state index in [2.05, 4.69) is 39.2 Å². The summed E-state index contributed by atoms with van der Waals surface area (Å²) >= 11 is 1.61. The number of aromatic nitrogens is 7. The lowest BCUT2D eigenvalue weighted by Gasteiger charge is -2.34. The molecule has 0 radical (unpaired) electrons. The lowest BCUT2D eigenvalue weighted by molar-refractivity contribution is 0.183. The van der Waals surface area contributed by atoms with Crippen molar-refractivity contribution in [2.24, 2.45) is 12.5 Å². The quantitative estimate of drug-likeness (QED) is 0.668. The van der Waals surface area contributed by atoms with Gasteiger partial charge in [-0.15, -0.1) is 21.5 Å². The molecule has 1 saturated carbocycles. The highest BCUT2D eigenvalue weighted by atomic mass is 32.1. The summed E-state index contributed by atoms with van der Waals surface area (Å²) in [5.41, 5.74) is 2.45. The highest BCUT2D eigenvalue weighted by molar-refractivity contribution is 7.13. The second kappa shape index (κ2) is 7.14. The molecule has 27 heavy (non-hydrogen) atoms. The summed E-state index contributed by atoms with van der Waals surface area (Å²) in [5, 5.41) is 16.1. The van der Waals surface area contributed by atoms with Gasteiger partial charge in [-0.1, -0.05) is 19.1 Å². The van der Waals surface area contributed by atoms with Gasteiger partial charge in [-0.25, -0.2) is 14.6 Å².